The topological polar surface area (TPSA) is 58.4 Å². The number of hydrogen-bond acceptors (Lipinski definition) is 4. The molecular weight excluding hydrogens is 261 g/mol. The van der Waals surface area contributed by atoms with E-state index in [4.69, 9.17) is 0 Å². The molecule has 6 heteroatoms. The van der Waals surface area contributed by atoms with Gasteiger partial charge in [-0.15, -0.1) is 0 Å². The molecular formula is C14H20FN3O2. The molecule has 0 aromatic heterocycles. The van der Waals surface area contributed by atoms with Crippen LogP contribution in [0.2, 0.25) is 0 Å². The quantitative estimate of drug-likeness (QED) is 0.683. The molecule has 2 rings (SSSR count). The molecule has 1 fully saturated rings. The van der Waals surface area contributed by atoms with Crippen LogP contribution in [0.25, 0.3) is 0 Å². The Hall–Kier alpha value is -1.69. The lowest BCUT2D eigenvalue weighted by molar-refractivity contribution is -0.384. The summed E-state index contributed by atoms with van der Waals surface area (Å²) in [5.41, 5.74) is 0.121. The van der Waals surface area contributed by atoms with E-state index in [2.05, 4.69) is 31.1 Å². The summed E-state index contributed by atoms with van der Waals surface area (Å²) < 4.78 is 13.8. The minimum Gasteiger partial charge on any atom is -0.379 e. The first-order valence-corrected chi connectivity index (χ1v) is 6.79. The van der Waals surface area contributed by atoms with Gasteiger partial charge >= 0.3 is 0 Å². The molecule has 1 aliphatic rings. The van der Waals surface area contributed by atoms with Crippen LogP contribution in [0.3, 0.4) is 0 Å². The molecule has 1 saturated heterocycles. The lowest BCUT2D eigenvalue weighted by atomic mass is 9.89. The molecule has 20 heavy (non-hydrogen) atoms. The Balaban J connectivity index is 2.17. The number of nitro benzene ring substituents is 1. The second-order valence-corrected chi connectivity index (χ2v) is 5.67. The van der Waals surface area contributed by atoms with Gasteiger partial charge in [0, 0.05) is 30.8 Å². The lowest BCUT2D eigenvalue weighted by Gasteiger charge is -2.40. The van der Waals surface area contributed by atoms with Crippen molar-refractivity contribution in [2.75, 3.05) is 18.9 Å². The number of benzene rings is 1. The first-order valence-electron chi connectivity index (χ1n) is 6.79. The summed E-state index contributed by atoms with van der Waals surface area (Å²) in [4.78, 5) is 12.5. The number of halogens is 1. The molecule has 0 aliphatic carbocycles. The van der Waals surface area contributed by atoms with Gasteiger partial charge in [0.15, 0.2) is 0 Å². The molecule has 110 valence electrons. The van der Waals surface area contributed by atoms with Gasteiger partial charge in [-0.05, 0) is 32.4 Å². The van der Waals surface area contributed by atoms with Crippen molar-refractivity contribution in [2.45, 2.75) is 32.4 Å². The van der Waals surface area contributed by atoms with E-state index in [9.17, 15) is 14.5 Å². The van der Waals surface area contributed by atoms with Gasteiger partial charge in [0.25, 0.3) is 5.69 Å². The molecule has 1 aromatic carbocycles. The number of nitrogens with zero attached hydrogens (tertiary/aromatic N) is 2. The maximum Gasteiger partial charge on any atom is 0.271 e. The molecule has 0 bridgehead atoms. The molecule has 3 atom stereocenters. The second-order valence-electron chi connectivity index (χ2n) is 5.67. The summed E-state index contributed by atoms with van der Waals surface area (Å²) in [5, 5.41) is 13.9. The number of hydrogen-bond donors (Lipinski definition) is 1. The van der Waals surface area contributed by atoms with Crippen molar-refractivity contribution in [1.82, 2.24) is 4.90 Å². The summed E-state index contributed by atoms with van der Waals surface area (Å²) in [5.74, 6) is -0.0933. The molecule has 1 aromatic rings. The van der Waals surface area contributed by atoms with Crippen LogP contribution < -0.4 is 5.32 Å². The van der Waals surface area contributed by atoms with E-state index in [0.29, 0.717) is 12.0 Å². The molecule has 1 heterocycles. The van der Waals surface area contributed by atoms with Crippen LogP contribution >= 0.6 is 0 Å². The van der Waals surface area contributed by atoms with Crippen molar-refractivity contribution in [3.63, 3.8) is 0 Å². The first kappa shape index (κ1) is 14.7. The Morgan fingerprint density at radius 3 is 2.80 bits per heavy atom. The van der Waals surface area contributed by atoms with Gasteiger partial charge in [-0.2, -0.15) is 0 Å². The first-order chi connectivity index (χ1) is 9.38. The van der Waals surface area contributed by atoms with Gasteiger partial charge in [0.05, 0.1) is 10.6 Å². The monoisotopic (exact) mass is 281 g/mol. The number of nitrogens with one attached hydrogen (secondary N) is 1. The number of anilines is 1. The Bertz CT molecular complexity index is 509. The molecule has 0 amide bonds. The molecule has 0 saturated carbocycles. The third kappa shape index (κ3) is 3.07. The minimum absolute atomic E-state index is 0.0949. The van der Waals surface area contributed by atoms with Crippen molar-refractivity contribution < 1.29 is 9.31 Å². The molecule has 5 nitrogen and oxygen atoms in total. The Labute approximate surface area is 117 Å². The number of non-ortho nitro benzene ring substituents is 1. The SMILES string of the molecule is CC1CN(C)C(C)CC1Nc1cc([N+](=O)[O-])ccc1F. The number of likely N-dealkylation sites (tertiary alicyclic amines) is 1. The summed E-state index contributed by atoms with van der Waals surface area (Å²) in [6, 6.07) is 4.12. The van der Waals surface area contributed by atoms with Gasteiger partial charge in [0.2, 0.25) is 0 Å². The van der Waals surface area contributed by atoms with Crippen molar-refractivity contribution in [3.8, 4) is 0 Å². The van der Waals surface area contributed by atoms with Crippen molar-refractivity contribution >= 4 is 11.4 Å². The Morgan fingerprint density at radius 1 is 1.45 bits per heavy atom. The van der Waals surface area contributed by atoms with E-state index in [-0.39, 0.29) is 17.4 Å². The summed E-state index contributed by atoms with van der Waals surface area (Å²) in [6.45, 7) is 5.16. The van der Waals surface area contributed by atoms with E-state index < -0.39 is 10.7 Å². The third-order valence-electron chi connectivity index (χ3n) is 4.11. The van der Waals surface area contributed by atoms with Crippen molar-refractivity contribution in [2.24, 2.45) is 5.92 Å². The molecule has 3 unspecified atom stereocenters. The van der Waals surface area contributed by atoms with Gasteiger partial charge in [-0.3, -0.25) is 10.1 Å². The van der Waals surface area contributed by atoms with E-state index in [1.807, 2.05) is 0 Å². The highest BCUT2D eigenvalue weighted by atomic mass is 19.1. The normalized spacial score (nSPS) is 27.3. The predicted molar refractivity (Wildman–Crippen MR) is 76.3 cm³/mol. The number of piperidine rings is 1. The fraction of sp³-hybridized carbons (Fsp3) is 0.571. The zero-order valence-corrected chi connectivity index (χ0v) is 12.0. The van der Waals surface area contributed by atoms with Crippen LogP contribution in [-0.4, -0.2) is 35.5 Å². The Morgan fingerprint density at radius 2 is 2.15 bits per heavy atom. The van der Waals surface area contributed by atoms with Crippen molar-refractivity contribution in [3.05, 3.63) is 34.1 Å². The number of nitro groups is 1. The summed E-state index contributed by atoms with van der Waals surface area (Å²) in [6.07, 6.45) is 0.889. The van der Waals surface area contributed by atoms with Crippen LogP contribution in [-0.2, 0) is 0 Å². The smallest absolute Gasteiger partial charge is 0.271 e. The van der Waals surface area contributed by atoms with E-state index in [0.717, 1.165) is 19.0 Å². The van der Waals surface area contributed by atoms with Gasteiger partial charge in [0.1, 0.15) is 5.82 Å². The van der Waals surface area contributed by atoms with Gasteiger partial charge in [-0.1, -0.05) is 6.92 Å². The largest absolute Gasteiger partial charge is 0.379 e. The maximum absolute atomic E-state index is 13.8. The fourth-order valence-corrected chi connectivity index (χ4v) is 2.68. The summed E-state index contributed by atoms with van der Waals surface area (Å²) in [7, 11) is 2.07. The van der Waals surface area contributed by atoms with E-state index >= 15 is 0 Å². The average molecular weight is 281 g/mol. The zero-order valence-electron chi connectivity index (χ0n) is 12.0. The minimum atomic E-state index is -0.509. The fourth-order valence-electron chi connectivity index (χ4n) is 2.68. The highest BCUT2D eigenvalue weighted by Crippen LogP contribution is 2.27. The molecule has 1 N–H and O–H groups in total. The molecule has 1 aliphatic heterocycles. The van der Waals surface area contributed by atoms with Crippen LogP contribution in [0.1, 0.15) is 20.3 Å². The van der Waals surface area contributed by atoms with E-state index in [1.165, 1.54) is 12.1 Å². The lowest BCUT2D eigenvalue weighted by Crippen LogP contribution is -2.48. The predicted octanol–water partition coefficient (Wildman–Crippen LogP) is 2.87. The van der Waals surface area contributed by atoms with Crippen LogP contribution in [0.15, 0.2) is 18.2 Å². The van der Waals surface area contributed by atoms with Gasteiger partial charge in [-0.25, -0.2) is 4.39 Å². The van der Waals surface area contributed by atoms with Gasteiger partial charge < -0.3 is 10.2 Å². The molecule has 0 radical (unpaired) electrons. The zero-order chi connectivity index (χ0) is 14.9. The third-order valence-corrected chi connectivity index (χ3v) is 4.11. The van der Waals surface area contributed by atoms with Crippen LogP contribution in [0, 0.1) is 21.8 Å². The van der Waals surface area contributed by atoms with E-state index in [1.54, 1.807) is 0 Å². The van der Waals surface area contributed by atoms with Crippen LogP contribution in [0.5, 0.6) is 0 Å². The molecule has 0 spiro atoms. The maximum atomic E-state index is 13.8. The summed E-state index contributed by atoms with van der Waals surface area (Å²) >= 11 is 0. The second kappa shape index (κ2) is 5.75. The Kier molecular flexibility index (Phi) is 4.23. The van der Waals surface area contributed by atoms with Crippen molar-refractivity contribution in [1.29, 1.82) is 0 Å². The number of rotatable bonds is 3. The standard InChI is InChI=1S/C14H20FN3O2/c1-9-8-17(3)10(2)6-13(9)16-14-7-11(18(19)20)4-5-12(14)15/h4-5,7,9-10,13,16H,6,8H2,1-3H3. The highest BCUT2D eigenvalue weighted by molar-refractivity contribution is 5.53. The highest BCUT2D eigenvalue weighted by Gasteiger charge is 2.29. The average Bonchev–Trinajstić information content (AvgIpc) is 2.38. The van der Waals surface area contributed by atoms with Crippen LogP contribution in [0.4, 0.5) is 15.8 Å².